The molecule has 0 fully saturated rings. The molecule has 23 heavy (non-hydrogen) atoms. The van der Waals surface area contributed by atoms with Gasteiger partial charge in [0.05, 0.1) is 6.54 Å². The van der Waals surface area contributed by atoms with Crippen LogP contribution in [0.1, 0.15) is 31.4 Å². The number of aliphatic imine (C=N–C) groups is 1. The van der Waals surface area contributed by atoms with Crippen molar-refractivity contribution >= 4 is 41.7 Å². The maximum Gasteiger partial charge on any atom is 0.191 e. The van der Waals surface area contributed by atoms with Gasteiger partial charge < -0.3 is 10.6 Å². The fourth-order valence-electron chi connectivity index (χ4n) is 1.99. The van der Waals surface area contributed by atoms with Gasteiger partial charge in [-0.2, -0.15) is 11.8 Å². The number of rotatable bonds is 8. The molecule has 0 saturated heterocycles. The van der Waals surface area contributed by atoms with Gasteiger partial charge in [0.2, 0.25) is 0 Å². The summed E-state index contributed by atoms with van der Waals surface area (Å²) in [7, 11) is 0. The molecule has 0 amide bonds. The summed E-state index contributed by atoms with van der Waals surface area (Å²) in [5, 5.41) is 6.53. The molecule has 0 bridgehead atoms. The highest BCUT2D eigenvalue weighted by Crippen LogP contribution is 2.17. The molecular weight excluding hydrogens is 424 g/mol. The normalized spacial score (nSPS) is 11.4. The summed E-state index contributed by atoms with van der Waals surface area (Å²) in [5.41, 5.74) is 2.09. The molecular formula is C17H27FIN3S. The highest BCUT2D eigenvalue weighted by atomic mass is 127. The topological polar surface area (TPSA) is 36.4 Å². The van der Waals surface area contributed by atoms with E-state index in [0.29, 0.717) is 6.54 Å². The van der Waals surface area contributed by atoms with Gasteiger partial charge in [0.25, 0.3) is 0 Å². The maximum absolute atomic E-state index is 13.4. The zero-order valence-corrected chi connectivity index (χ0v) is 17.2. The average Bonchev–Trinajstić information content (AvgIpc) is 2.51. The van der Waals surface area contributed by atoms with Crippen LogP contribution >= 0.6 is 35.7 Å². The Bertz CT molecular complexity index is 507. The van der Waals surface area contributed by atoms with E-state index >= 15 is 0 Å². The third-order valence-electron chi connectivity index (χ3n) is 3.06. The summed E-state index contributed by atoms with van der Waals surface area (Å²) < 4.78 is 13.4. The van der Waals surface area contributed by atoms with Crippen LogP contribution in [0.4, 0.5) is 4.39 Å². The first-order valence-electron chi connectivity index (χ1n) is 7.60. The number of benzene rings is 1. The van der Waals surface area contributed by atoms with Gasteiger partial charge >= 0.3 is 0 Å². The molecule has 1 aromatic carbocycles. The minimum atomic E-state index is -0.187. The summed E-state index contributed by atoms with van der Waals surface area (Å²) in [5.74, 6) is 1.41. The van der Waals surface area contributed by atoms with E-state index < -0.39 is 0 Å². The first kappa shape index (κ1) is 22.2. The van der Waals surface area contributed by atoms with Crippen molar-refractivity contribution in [1.29, 1.82) is 0 Å². The van der Waals surface area contributed by atoms with E-state index in [0.717, 1.165) is 42.3 Å². The summed E-state index contributed by atoms with van der Waals surface area (Å²) in [6.45, 7) is 6.27. The lowest BCUT2D eigenvalue weighted by atomic mass is 10.1. The smallest absolute Gasteiger partial charge is 0.191 e. The van der Waals surface area contributed by atoms with Gasteiger partial charge in [-0.25, -0.2) is 9.38 Å². The number of halogens is 2. The SMILES string of the molecule is C/C=C/CCNC(=NCc1ccc(F)cc1CSC)NCC.I. The maximum atomic E-state index is 13.4. The number of allylic oxidation sites excluding steroid dienone is 1. The van der Waals surface area contributed by atoms with Crippen molar-refractivity contribution in [2.75, 3.05) is 19.3 Å². The molecule has 1 aromatic rings. The fourth-order valence-corrected chi connectivity index (χ4v) is 2.56. The standard InChI is InChI=1S/C17H26FN3S.HI/c1-4-6-7-10-20-17(19-5-2)21-12-14-8-9-16(18)11-15(14)13-22-3;/h4,6,8-9,11H,5,7,10,12-13H2,1-3H3,(H2,19,20,21);1H/b6-4+;. The van der Waals surface area contributed by atoms with Gasteiger partial charge in [-0.1, -0.05) is 18.2 Å². The molecule has 0 aliphatic heterocycles. The second-order valence-corrected chi connectivity index (χ2v) is 5.69. The van der Waals surface area contributed by atoms with Crippen LogP contribution < -0.4 is 10.6 Å². The minimum absolute atomic E-state index is 0. The Morgan fingerprint density at radius 3 is 2.74 bits per heavy atom. The number of nitrogens with zero attached hydrogens (tertiary/aromatic N) is 1. The van der Waals surface area contributed by atoms with Crippen molar-refractivity contribution in [1.82, 2.24) is 10.6 Å². The number of thioether (sulfide) groups is 1. The van der Waals surface area contributed by atoms with Gasteiger partial charge in [0.15, 0.2) is 5.96 Å². The largest absolute Gasteiger partial charge is 0.357 e. The molecule has 3 nitrogen and oxygen atoms in total. The predicted molar refractivity (Wildman–Crippen MR) is 111 cm³/mol. The third-order valence-corrected chi connectivity index (χ3v) is 3.66. The van der Waals surface area contributed by atoms with E-state index in [9.17, 15) is 4.39 Å². The van der Waals surface area contributed by atoms with Gasteiger partial charge in [-0.15, -0.1) is 24.0 Å². The lowest BCUT2D eigenvalue weighted by molar-refractivity contribution is 0.625. The van der Waals surface area contributed by atoms with Crippen LogP contribution in [-0.2, 0) is 12.3 Å². The van der Waals surface area contributed by atoms with Crippen LogP contribution in [0.3, 0.4) is 0 Å². The van der Waals surface area contributed by atoms with Crippen molar-refractivity contribution in [3.05, 3.63) is 47.3 Å². The summed E-state index contributed by atoms with van der Waals surface area (Å²) in [4.78, 5) is 4.59. The molecule has 0 unspecified atom stereocenters. The van der Waals surface area contributed by atoms with E-state index in [1.807, 2.05) is 32.2 Å². The lowest BCUT2D eigenvalue weighted by Crippen LogP contribution is -2.37. The van der Waals surface area contributed by atoms with E-state index in [2.05, 4.69) is 21.7 Å². The Hall–Kier alpha value is -0.760. The van der Waals surface area contributed by atoms with Crippen molar-refractivity contribution in [2.24, 2.45) is 4.99 Å². The zero-order chi connectivity index (χ0) is 16.2. The molecule has 0 saturated carbocycles. The van der Waals surface area contributed by atoms with Crippen molar-refractivity contribution in [3.8, 4) is 0 Å². The molecule has 0 atom stereocenters. The molecule has 0 radical (unpaired) electrons. The molecule has 2 N–H and O–H groups in total. The van der Waals surface area contributed by atoms with Crippen LogP contribution in [-0.4, -0.2) is 25.3 Å². The number of hydrogen-bond donors (Lipinski definition) is 2. The first-order valence-corrected chi connectivity index (χ1v) is 9.00. The Morgan fingerprint density at radius 1 is 1.30 bits per heavy atom. The Morgan fingerprint density at radius 2 is 2.09 bits per heavy atom. The van der Waals surface area contributed by atoms with Crippen molar-refractivity contribution in [2.45, 2.75) is 32.6 Å². The summed E-state index contributed by atoms with van der Waals surface area (Å²) >= 11 is 1.69. The highest BCUT2D eigenvalue weighted by molar-refractivity contribution is 14.0. The zero-order valence-electron chi connectivity index (χ0n) is 14.1. The van der Waals surface area contributed by atoms with Gasteiger partial charge in [0.1, 0.15) is 5.82 Å². The van der Waals surface area contributed by atoms with Gasteiger partial charge in [0, 0.05) is 18.8 Å². The Kier molecular flexibility index (Phi) is 13.2. The molecule has 0 aliphatic rings. The van der Waals surface area contributed by atoms with Crippen molar-refractivity contribution in [3.63, 3.8) is 0 Å². The molecule has 6 heteroatoms. The fraction of sp³-hybridized carbons (Fsp3) is 0.471. The van der Waals surface area contributed by atoms with E-state index in [-0.39, 0.29) is 29.8 Å². The lowest BCUT2D eigenvalue weighted by Gasteiger charge is -2.12. The van der Waals surface area contributed by atoms with Crippen molar-refractivity contribution < 1.29 is 4.39 Å². The Labute approximate surface area is 160 Å². The second-order valence-electron chi connectivity index (χ2n) is 4.83. The first-order chi connectivity index (χ1) is 10.7. The van der Waals surface area contributed by atoms with Gasteiger partial charge in [-0.05, 0) is 49.8 Å². The molecule has 1 rings (SSSR count). The molecule has 0 aromatic heterocycles. The summed E-state index contributed by atoms with van der Waals surface area (Å²) in [6, 6.07) is 4.93. The second kappa shape index (κ2) is 13.7. The Balaban J connectivity index is 0.00000484. The number of guanidine groups is 1. The third kappa shape index (κ3) is 9.20. The average molecular weight is 451 g/mol. The number of nitrogens with one attached hydrogen (secondary N) is 2. The van der Waals surface area contributed by atoms with E-state index in [1.54, 1.807) is 17.8 Å². The minimum Gasteiger partial charge on any atom is -0.357 e. The van der Waals surface area contributed by atoms with Crippen LogP contribution in [0.15, 0.2) is 35.3 Å². The summed E-state index contributed by atoms with van der Waals surface area (Å²) in [6.07, 6.45) is 7.14. The molecule has 0 aliphatic carbocycles. The number of hydrogen-bond acceptors (Lipinski definition) is 2. The highest BCUT2D eigenvalue weighted by Gasteiger charge is 2.04. The quantitative estimate of drug-likeness (QED) is 0.203. The molecule has 130 valence electrons. The van der Waals surface area contributed by atoms with Crippen LogP contribution in [0.25, 0.3) is 0 Å². The van der Waals surface area contributed by atoms with Gasteiger partial charge in [-0.3, -0.25) is 0 Å². The molecule has 0 spiro atoms. The molecule has 0 heterocycles. The van der Waals surface area contributed by atoms with Crippen LogP contribution in [0, 0.1) is 5.82 Å². The van der Waals surface area contributed by atoms with E-state index in [4.69, 9.17) is 0 Å². The van der Waals surface area contributed by atoms with Crippen LogP contribution in [0.2, 0.25) is 0 Å². The van der Waals surface area contributed by atoms with Crippen LogP contribution in [0.5, 0.6) is 0 Å². The monoisotopic (exact) mass is 451 g/mol. The van der Waals surface area contributed by atoms with E-state index in [1.165, 1.54) is 6.07 Å². The predicted octanol–water partition coefficient (Wildman–Crippen LogP) is 4.33.